The average Bonchev–Trinajstić information content (AvgIpc) is 3.12. The number of carbonyl (C=O) groups is 1. The lowest BCUT2D eigenvalue weighted by Crippen LogP contribution is -2.47. The summed E-state index contributed by atoms with van der Waals surface area (Å²) in [6.07, 6.45) is 0.851. The van der Waals surface area contributed by atoms with Crippen molar-refractivity contribution in [2.45, 2.75) is 13.1 Å². The van der Waals surface area contributed by atoms with E-state index in [-0.39, 0.29) is 19.1 Å². The summed E-state index contributed by atoms with van der Waals surface area (Å²) < 4.78 is 5.09. The highest BCUT2D eigenvalue weighted by atomic mass is 16.5. The standard InChI is InChI=1S/C18H21N5O3/c1-12-3-5-13(6-4-12)17-21-16(18(25)19-9-10-24)22-23(17)14-7-8-15(26-2)20-11-14/h3-8,11,16,22,24H,9-10H2,1-2H3,(H,19,25). The Morgan fingerprint density at radius 2 is 2.08 bits per heavy atom. The van der Waals surface area contributed by atoms with Crippen LogP contribution in [-0.2, 0) is 4.79 Å². The minimum absolute atomic E-state index is 0.126. The lowest BCUT2D eigenvalue weighted by Gasteiger charge is -2.21. The summed E-state index contributed by atoms with van der Waals surface area (Å²) in [4.78, 5) is 21.0. The lowest BCUT2D eigenvalue weighted by molar-refractivity contribution is -0.122. The molecular weight excluding hydrogens is 334 g/mol. The highest BCUT2D eigenvalue weighted by Crippen LogP contribution is 2.22. The average molecular weight is 355 g/mol. The van der Waals surface area contributed by atoms with Crippen molar-refractivity contribution >= 4 is 17.4 Å². The smallest absolute Gasteiger partial charge is 0.261 e. The molecule has 0 fully saturated rings. The number of hydrazine groups is 1. The van der Waals surface area contributed by atoms with Gasteiger partial charge in [0.2, 0.25) is 5.88 Å². The third kappa shape index (κ3) is 3.81. The van der Waals surface area contributed by atoms with Crippen LogP contribution in [0.3, 0.4) is 0 Å². The number of anilines is 1. The molecule has 0 radical (unpaired) electrons. The summed E-state index contributed by atoms with van der Waals surface area (Å²) >= 11 is 0. The summed E-state index contributed by atoms with van der Waals surface area (Å²) in [6, 6.07) is 11.4. The zero-order valence-corrected chi connectivity index (χ0v) is 14.6. The molecule has 1 aliphatic heterocycles. The summed E-state index contributed by atoms with van der Waals surface area (Å²) in [6.45, 7) is 2.06. The molecule has 2 aromatic rings. The lowest BCUT2D eigenvalue weighted by atomic mass is 10.1. The number of aliphatic hydroxyl groups excluding tert-OH is 1. The van der Waals surface area contributed by atoms with Gasteiger partial charge in [-0.1, -0.05) is 29.8 Å². The Bertz CT molecular complexity index is 789. The number of ether oxygens (including phenoxy) is 1. The van der Waals surface area contributed by atoms with Crippen LogP contribution in [0.15, 0.2) is 47.6 Å². The zero-order chi connectivity index (χ0) is 18.5. The Morgan fingerprint density at radius 3 is 2.69 bits per heavy atom. The number of carbonyl (C=O) groups excluding carboxylic acids is 1. The third-order valence-electron chi connectivity index (χ3n) is 3.87. The molecule has 8 nitrogen and oxygen atoms in total. The zero-order valence-electron chi connectivity index (χ0n) is 14.6. The van der Waals surface area contributed by atoms with E-state index in [0.29, 0.717) is 11.7 Å². The predicted octanol–water partition coefficient (Wildman–Crippen LogP) is 0.605. The molecule has 0 spiro atoms. The van der Waals surface area contributed by atoms with E-state index in [1.54, 1.807) is 24.4 Å². The minimum atomic E-state index is -0.792. The second kappa shape index (κ2) is 7.94. The number of amides is 1. The molecule has 1 amide bonds. The van der Waals surface area contributed by atoms with Gasteiger partial charge in [-0.3, -0.25) is 9.80 Å². The number of benzene rings is 1. The van der Waals surface area contributed by atoms with Gasteiger partial charge in [-0.05, 0) is 13.0 Å². The van der Waals surface area contributed by atoms with E-state index in [2.05, 4.69) is 20.7 Å². The van der Waals surface area contributed by atoms with Crippen LogP contribution in [0.4, 0.5) is 5.69 Å². The van der Waals surface area contributed by atoms with Crippen molar-refractivity contribution < 1.29 is 14.6 Å². The quantitative estimate of drug-likeness (QED) is 0.702. The van der Waals surface area contributed by atoms with Crippen molar-refractivity contribution in [2.24, 2.45) is 4.99 Å². The largest absolute Gasteiger partial charge is 0.481 e. The van der Waals surface area contributed by atoms with Crippen molar-refractivity contribution in [1.29, 1.82) is 0 Å². The molecule has 0 saturated carbocycles. The van der Waals surface area contributed by atoms with Gasteiger partial charge in [0, 0.05) is 18.2 Å². The first-order valence-electron chi connectivity index (χ1n) is 8.22. The summed E-state index contributed by atoms with van der Waals surface area (Å²) in [5.74, 6) is 0.799. The van der Waals surface area contributed by atoms with E-state index >= 15 is 0 Å². The first kappa shape index (κ1) is 17.8. The van der Waals surface area contributed by atoms with Crippen molar-refractivity contribution in [3.63, 3.8) is 0 Å². The van der Waals surface area contributed by atoms with Gasteiger partial charge in [-0.25, -0.2) is 9.98 Å². The van der Waals surface area contributed by atoms with E-state index in [1.165, 1.54) is 0 Å². The molecule has 26 heavy (non-hydrogen) atoms. The number of aliphatic hydroxyl groups is 1. The number of hydrogen-bond acceptors (Lipinski definition) is 7. The van der Waals surface area contributed by atoms with Gasteiger partial charge in [0.1, 0.15) is 0 Å². The van der Waals surface area contributed by atoms with Gasteiger partial charge in [0.15, 0.2) is 12.0 Å². The second-order valence-corrected chi connectivity index (χ2v) is 5.76. The van der Waals surface area contributed by atoms with Gasteiger partial charge in [-0.15, -0.1) is 0 Å². The van der Waals surface area contributed by atoms with Gasteiger partial charge in [0.05, 0.1) is 25.6 Å². The van der Waals surface area contributed by atoms with Crippen LogP contribution < -0.4 is 20.5 Å². The molecule has 1 unspecified atom stereocenters. The fraction of sp³-hybridized carbons (Fsp3) is 0.278. The highest BCUT2D eigenvalue weighted by Gasteiger charge is 2.31. The SMILES string of the molecule is COc1ccc(N2NC(C(=O)NCCO)N=C2c2ccc(C)cc2)cn1. The van der Waals surface area contributed by atoms with Crippen LogP contribution in [0.2, 0.25) is 0 Å². The molecule has 1 aliphatic rings. The number of nitrogens with one attached hydrogen (secondary N) is 2. The van der Waals surface area contributed by atoms with Crippen molar-refractivity contribution in [1.82, 2.24) is 15.7 Å². The van der Waals surface area contributed by atoms with Crippen molar-refractivity contribution in [2.75, 3.05) is 25.3 Å². The fourth-order valence-electron chi connectivity index (χ4n) is 2.51. The van der Waals surface area contributed by atoms with Crippen LogP contribution in [0.25, 0.3) is 0 Å². The van der Waals surface area contributed by atoms with E-state index in [0.717, 1.165) is 16.8 Å². The maximum absolute atomic E-state index is 12.3. The van der Waals surface area contributed by atoms with Gasteiger partial charge >= 0.3 is 0 Å². The van der Waals surface area contributed by atoms with Crippen LogP contribution in [0, 0.1) is 6.92 Å². The number of amidine groups is 1. The van der Waals surface area contributed by atoms with E-state index in [1.807, 2.05) is 37.3 Å². The van der Waals surface area contributed by atoms with Crippen LogP contribution >= 0.6 is 0 Å². The van der Waals surface area contributed by atoms with Crippen LogP contribution in [-0.4, -0.2) is 48.3 Å². The molecule has 8 heteroatoms. The minimum Gasteiger partial charge on any atom is -0.481 e. The van der Waals surface area contributed by atoms with Crippen LogP contribution in [0.5, 0.6) is 5.88 Å². The molecule has 3 N–H and O–H groups in total. The number of hydrogen-bond donors (Lipinski definition) is 3. The maximum atomic E-state index is 12.3. The van der Waals surface area contributed by atoms with Gasteiger partial charge < -0.3 is 15.2 Å². The molecule has 2 heterocycles. The highest BCUT2D eigenvalue weighted by molar-refractivity contribution is 6.12. The number of pyridine rings is 1. The number of nitrogens with zero attached hydrogens (tertiary/aromatic N) is 3. The number of rotatable bonds is 6. The Labute approximate surface area is 151 Å². The van der Waals surface area contributed by atoms with Crippen molar-refractivity contribution in [3.8, 4) is 5.88 Å². The predicted molar refractivity (Wildman–Crippen MR) is 98.0 cm³/mol. The molecule has 136 valence electrons. The Kier molecular flexibility index (Phi) is 5.45. The van der Waals surface area contributed by atoms with E-state index in [4.69, 9.17) is 9.84 Å². The number of aliphatic imine (C=N–C) groups is 1. The molecule has 0 saturated heterocycles. The monoisotopic (exact) mass is 355 g/mol. The van der Waals surface area contributed by atoms with E-state index in [9.17, 15) is 4.79 Å². The molecule has 1 aromatic carbocycles. The first-order chi connectivity index (χ1) is 12.6. The first-order valence-corrected chi connectivity index (χ1v) is 8.22. The molecule has 1 atom stereocenters. The van der Waals surface area contributed by atoms with E-state index < -0.39 is 6.17 Å². The van der Waals surface area contributed by atoms with Gasteiger partial charge in [0.25, 0.3) is 5.91 Å². The molecule has 1 aromatic heterocycles. The molecule has 0 bridgehead atoms. The summed E-state index contributed by atoms with van der Waals surface area (Å²) in [5.41, 5.74) is 5.80. The van der Waals surface area contributed by atoms with Crippen molar-refractivity contribution in [3.05, 3.63) is 53.7 Å². The maximum Gasteiger partial charge on any atom is 0.261 e. The molecular formula is C18H21N5O3. The Hall–Kier alpha value is -2.97. The molecule has 0 aliphatic carbocycles. The molecule has 3 rings (SSSR count). The number of aromatic nitrogens is 1. The number of aryl methyl sites for hydroxylation is 1. The number of methoxy groups -OCH3 is 1. The van der Waals surface area contributed by atoms with Crippen LogP contribution in [0.1, 0.15) is 11.1 Å². The fourth-order valence-corrected chi connectivity index (χ4v) is 2.51. The Morgan fingerprint density at radius 1 is 1.31 bits per heavy atom. The Balaban J connectivity index is 1.91. The third-order valence-corrected chi connectivity index (χ3v) is 3.87. The van der Waals surface area contributed by atoms with Gasteiger partial charge in [-0.2, -0.15) is 5.43 Å². The normalized spacial score (nSPS) is 16.3. The second-order valence-electron chi connectivity index (χ2n) is 5.76. The topological polar surface area (TPSA) is 99.1 Å². The summed E-state index contributed by atoms with van der Waals surface area (Å²) in [5, 5.41) is 13.2. The summed E-state index contributed by atoms with van der Waals surface area (Å²) in [7, 11) is 1.55.